The molecular formula is C14H15N3. The number of rotatable bonds is 0. The lowest BCUT2D eigenvalue weighted by Gasteiger charge is -1.70. The highest BCUT2D eigenvalue weighted by molar-refractivity contribution is 4.94. The summed E-state index contributed by atoms with van der Waals surface area (Å²) in [6.07, 6.45) is 10.2. The van der Waals surface area contributed by atoms with E-state index in [1.807, 2.05) is 48.5 Å². The third-order valence-corrected chi connectivity index (χ3v) is 1.64. The van der Waals surface area contributed by atoms with E-state index in [0.717, 1.165) is 0 Å². The van der Waals surface area contributed by atoms with Crippen molar-refractivity contribution in [3.05, 3.63) is 85.7 Å². The first-order valence-electron chi connectivity index (χ1n) is 5.28. The Hall–Kier alpha value is -2.42. The van der Waals surface area contributed by atoms with Gasteiger partial charge >= 0.3 is 0 Å². The highest BCUT2D eigenvalue weighted by Gasteiger charge is 1.58. The molecule has 3 heteroatoms. The molecule has 0 atom stereocenters. The van der Waals surface area contributed by atoms with Crippen LogP contribution in [-0.4, -0.2) is 15.0 Å². The molecule has 0 saturated heterocycles. The molecule has 1 heterocycles. The van der Waals surface area contributed by atoms with Crippen LogP contribution in [0.5, 0.6) is 0 Å². The highest BCUT2D eigenvalue weighted by Crippen LogP contribution is 1.76. The molecule has 3 nitrogen and oxygen atoms in total. The standard InChI is InChI=1S/C14H15N3/c1-2-4-6-8-10-16-12-14-17-13-11-15-9-7-5-3-1/h1-14,17H. The zero-order valence-electron chi connectivity index (χ0n) is 9.48. The first-order valence-corrected chi connectivity index (χ1v) is 5.28. The Morgan fingerprint density at radius 1 is 0.471 bits per heavy atom. The van der Waals surface area contributed by atoms with E-state index in [1.165, 1.54) is 0 Å². The Balaban J connectivity index is 3.01. The monoisotopic (exact) mass is 225 g/mol. The lowest BCUT2D eigenvalue weighted by molar-refractivity contribution is 1.25. The van der Waals surface area contributed by atoms with Crippen LogP contribution in [-0.2, 0) is 0 Å². The van der Waals surface area contributed by atoms with Crippen LogP contribution in [0.25, 0.3) is 0 Å². The average Bonchev–Trinajstić information content (AvgIpc) is 2.35. The Morgan fingerprint density at radius 2 is 0.882 bits per heavy atom. The average molecular weight is 225 g/mol. The number of aromatic amines is 1. The van der Waals surface area contributed by atoms with Gasteiger partial charge in [0.05, 0.1) is 0 Å². The van der Waals surface area contributed by atoms with Gasteiger partial charge in [-0.3, -0.25) is 9.97 Å². The second kappa shape index (κ2) is 10.1. The van der Waals surface area contributed by atoms with Gasteiger partial charge in [0.2, 0.25) is 0 Å². The fourth-order valence-corrected chi connectivity index (χ4v) is 0.911. The summed E-state index contributed by atoms with van der Waals surface area (Å²) in [6, 6.07) is 15.3. The van der Waals surface area contributed by atoms with E-state index >= 15 is 0 Å². The maximum absolute atomic E-state index is 4.03. The molecule has 0 amide bonds. The summed E-state index contributed by atoms with van der Waals surface area (Å²) in [4.78, 5) is 11.0. The minimum absolute atomic E-state index is 1.67. The third kappa shape index (κ3) is 8.57. The molecule has 0 saturated carbocycles. The fraction of sp³-hybridized carbons (Fsp3) is 0. The van der Waals surface area contributed by atoms with E-state index in [1.54, 1.807) is 37.2 Å². The molecular weight excluding hydrogens is 210 g/mol. The van der Waals surface area contributed by atoms with Crippen LogP contribution in [0.15, 0.2) is 85.7 Å². The summed E-state index contributed by atoms with van der Waals surface area (Å²) in [5.74, 6) is 0. The minimum atomic E-state index is 1.67. The molecule has 0 radical (unpaired) electrons. The third-order valence-electron chi connectivity index (χ3n) is 1.64. The summed E-state index contributed by atoms with van der Waals surface area (Å²) in [7, 11) is 0. The lowest BCUT2D eigenvalue weighted by atomic mass is 10.4. The topological polar surface area (TPSA) is 41.6 Å². The van der Waals surface area contributed by atoms with Gasteiger partial charge in [-0.05, 0) is 12.1 Å². The first kappa shape index (κ1) is 12.6. The number of nitrogens with one attached hydrogen (secondary N) is 1. The summed E-state index contributed by atoms with van der Waals surface area (Å²) < 4.78 is 0. The smallest absolute Gasteiger partial charge is 0.0427 e. The van der Waals surface area contributed by atoms with Gasteiger partial charge in [-0.15, -0.1) is 0 Å². The molecule has 0 aromatic carbocycles. The first-order chi connectivity index (χ1) is 8.50. The molecule has 0 unspecified atom stereocenters. The van der Waals surface area contributed by atoms with Gasteiger partial charge in [-0.1, -0.05) is 36.4 Å². The fourth-order valence-electron chi connectivity index (χ4n) is 0.911. The molecule has 0 aliphatic heterocycles. The van der Waals surface area contributed by atoms with Gasteiger partial charge in [-0.25, -0.2) is 0 Å². The molecule has 1 N–H and O–H groups in total. The van der Waals surface area contributed by atoms with Crippen molar-refractivity contribution in [1.29, 1.82) is 0 Å². The molecule has 0 aliphatic rings. The quantitative estimate of drug-likeness (QED) is 0.736. The van der Waals surface area contributed by atoms with Crippen LogP contribution >= 0.6 is 0 Å². The summed E-state index contributed by atoms with van der Waals surface area (Å²) in [5.41, 5.74) is 0. The molecule has 0 fully saturated rings. The van der Waals surface area contributed by atoms with Crippen LogP contribution in [0.3, 0.4) is 0 Å². The zero-order valence-corrected chi connectivity index (χ0v) is 9.48. The van der Waals surface area contributed by atoms with Gasteiger partial charge < -0.3 is 4.98 Å². The van der Waals surface area contributed by atoms with E-state index < -0.39 is 0 Å². The van der Waals surface area contributed by atoms with Crippen molar-refractivity contribution >= 4 is 0 Å². The van der Waals surface area contributed by atoms with Crippen molar-refractivity contribution in [2.24, 2.45) is 0 Å². The Bertz CT molecular complexity index is 282. The number of nitrogens with zero attached hydrogens (tertiary/aromatic N) is 2. The van der Waals surface area contributed by atoms with Crippen LogP contribution < -0.4 is 0 Å². The molecule has 0 bridgehead atoms. The Labute approximate surface area is 101 Å². The van der Waals surface area contributed by atoms with E-state index in [2.05, 4.69) is 15.0 Å². The lowest BCUT2D eigenvalue weighted by Crippen LogP contribution is -1.62. The molecule has 1 rings (SSSR count). The maximum atomic E-state index is 4.03. The van der Waals surface area contributed by atoms with Gasteiger partial charge in [-0.2, -0.15) is 0 Å². The predicted octanol–water partition coefficient (Wildman–Crippen LogP) is 3.18. The van der Waals surface area contributed by atoms with Crippen LogP contribution in [0.2, 0.25) is 0 Å². The largest absolute Gasteiger partial charge is 0.365 e. The maximum Gasteiger partial charge on any atom is 0.0427 e. The summed E-state index contributed by atoms with van der Waals surface area (Å²) in [6.45, 7) is 0. The molecule has 0 aliphatic carbocycles. The van der Waals surface area contributed by atoms with E-state index in [0.29, 0.717) is 0 Å². The van der Waals surface area contributed by atoms with Crippen molar-refractivity contribution in [2.75, 3.05) is 0 Å². The van der Waals surface area contributed by atoms with Gasteiger partial charge in [0, 0.05) is 37.2 Å². The molecule has 0 spiro atoms. The van der Waals surface area contributed by atoms with E-state index in [-0.39, 0.29) is 0 Å². The van der Waals surface area contributed by atoms with Gasteiger partial charge in [0.15, 0.2) is 0 Å². The normalized spacial score (nSPS) is 8.00. The number of H-pyrrole nitrogens is 1. The highest BCUT2D eigenvalue weighted by atomic mass is 14.7. The molecule has 17 heavy (non-hydrogen) atoms. The number of hydrogen-bond donors (Lipinski definition) is 1. The molecule has 1 aromatic rings. The molecule has 86 valence electrons. The van der Waals surface area contributed by atoms with Crippen molar-refractivity contribution in [1.82, 2.24) is 15.0 Å². The van der Waals surface area contributed by atoms with Crippen molar-refractivity contribution in [2.45, 2.75) is 0 Å². The van der Waals surface area contributed by atoms with Crippen LogP contribution in [0, 0.1) is 0 Å². The zero-order chi connectivity index (χ0) is 12.0. The SMILES string of the molecule is c1cccccncc[nH]ccncccc1. The summed E-state index contributed by atoms with van der Waals surface area (Å²) in [5, 5.41) is 0. The van der Waals surface area contributed by atoms with Crippen molar-refractivity contribution in [3.8, 4) is 0 Å². The van der Waals surface area contributed by atoms with Crippen LogP contribution in [0.4, 0.5) is 0 Å². The minimum Gasteiger partial charge on any atom is -0.365 e. The molecule has 1 aromatic heterocycles. The van der Waals surface area contributed by atoms with E-state index in [4.69, 9.17) is 0 Å². The van der Waals surface area contributed by atoms with Crippen molar-refractivity contribution < 1.29 is 0 Å². The second-order valence-electron chi connectivity index (χ2n) is 2.93. The van der Waals surface area contributed by atoms with Crippen molar-refractivity contribution in [3.63, 3.8) is 0 Å². The predicted molar refractivity (Wildman–Crippen MR) is 69.3 cm³/mol. The van der Waals surface area contributed by atoms with Gasteiger partial charge in [0.1, 0.15) is 0 Å². The number of aromatic nitrogens is 3. The van der Waals surface area contributed by atoms with Gasteiger partial charge in [0.25, 0.3) is 0 Å². The summed E-state index contributed by atoms with van der Waals surface area (Å²) >= 11 is 0. The number of hydrogen-bond acceptors (Lipinski definition) is 2. The second-order valence-corrected chi connectivity index (χ2v) is 2.93. The van der Waals surface area contributed by atoms with E-state index in [9.17, 15) is 0 Å². The Kier molecular flexibility index (Phi) is 7.52. The van der Waals surface area contributed by atoms with Crippen LogP contribution in [0.1, 0.15) is 0 Å². The Morgan fingerprint density at radius 3 is 1.35 bits per heavy atom.